The maximum absolute atomic E-state index is 14.4. The fourth-order valence-corrected chi connectivity index (χ4v) is 6.62. The van der Waals surface area contributed by atoms with Crippen molar-refractivity contribution in [2.24, 2.45) is 0 Å². The number of nitrogens with zero attached hydrogens (tertiary/aromatic N) is 5. The number of carbonyl (C=O) groups is 4. The minimum Gasteiger partial charge on any atom is -0.410 e. The largest absolute Gasteiger partial charge is 0.414 e. The molecule has 50 heavy (non-hydrogen) atoms. The first-order valence-corrected chi connectivity index (χ1v) is 16.6. The van der Waals surface area contributed by atoms with Crippen molar-refractivity contribution in [2.45, 2.75) is 51.6 Å². The van der Waals surface area contributed by atoms with Crippen molar-refractivity contribution in [1.29, 1.82) is 0 Å². The van der Waals surface area contributed by atoms with Crippen LogP contribution >= 0.6 is 0 Å². The SMILES string of the molecule is CC(C)N(C(=O)NCc1ccc(F)cc1)N1CC(=O)N2C(Cc3ccc(OC(=O)N(C)C)cc3)C(=O)N(Cc3cccc4ccccc34)C[C@@H]21. The zero-order valence-corrected chi connectivity index (χ0v) is 28.6. The van der Waals surface area contributed by atoms with E-state index in [4.69, 9.17) is 4.74 Å². The molecule has 0 saturated carbocycles. The summed E-state index contributed by atoms with van der Waals surface area (Å²) in [5.41, 5.74) is 2.49. The van der Waals surface area contributed by atoms with Gasteiger partial charge in [-0.2, -0.15) is 5.01 Å². The predicted octanol–water partition coefficient (Wildman–Crippen LogP) is 5.00. The molecule has 0 aliphatic carbocycles. The van der Waals surface area contributed by atoms with Gasteiger partial charge < -0.3 is 24.8 Å². The summed E-state index contributed by atoms with van der Waals surface area (Å²) in [6, 6.07) is 25.2. The molecule has 2 saturated heterocycles. The molecule has 2 fully saturated rings. The van der Waals surface area contributed by atoms with Crippen LogP contribution in [0, 0.1) is 5.82 Å². The molecule has 6 rings (SSSR count). The van der Waals surface area contributed by atoms with Gasteiger partial charge in [-0.3, -0.25) is 14.6 Å². The van der Waals surface area contributed by atoms with Gasteiger partial charge in [0.15, 0.2) is 0 Å². The van der Waals surface area contributed by atoms with Crippen LogP contribution < -0.4 is 10.1 Å². The molecule has 4 aromatic carbocycles. The summed E-state index contributed by atoms with van der Waals surface area (Å²) in [6.07, 6.45) is -0.896. The number of rotatable bonds is 9. The highest BCUT2D eigenvalue weighted by atomic mass is 19.1. The fourth-order valence-electron chi connectivity index (χ4n) is 6.62. The van der Waals surface area contributed by atoms with Gasteiger partial charge in [-0.1, -0.05) is 66.7 Å². The van der Waals surface area contributed by atoms with Crippen molar-refractivity contribution in [1.82, 2.24) is 30.0 Å². The van der Waals surface area contributed by atoms with Crippen LogP contribution in [-0.2, 0) is 29.1 Å². The van der Waals surface area contributed by atoms with E-state index in [1.54, 1.807) is 70.3 Å². The van der Waals surface area contributed by atoms with Gasteiger partial charge in [-0.05, 0) is 65.6 Å². The molecule has 1 unspecified atom stereocenters. The molecule has 11 nitrogen and oxygen atoms in total. The minimum atomic E-state index is -0.840. The Bertz CT molecular complexity index is 1880. The number of hydrazine groups is 1. The monoisotopic (exact) mass is 680 g/mol. The molecule has 2 heterocycles. The van der Waals surface area contributed by atoms with Gasteiger partial charge in [0.05, 0.1) is 13.1 Å². The highest BCUT2D eigenvalue weighted by molar-refractivity contribution is 5.92. The topological polar surface area (TPSA) is 106 Å². The van der Waals surface area contributed by atoms with E-state index in [0.29, 0.717) is 12.3 Å². The van der Waals surface area contributed by atoms with E-state index in [1.165, 1.54) is 17.0 Å². The normalized spacial score (nSPS) is 17.6. The average Bonchev–Trinajstić information content (AvgIpc) is 3.41. The number of hydrogen-bond acceptors (Lipinski definition) is 6. The summed E-state index contributed by atoms with van der Waals surface area (Å²) in [7, 11) is 3.19. The third kappa shape index (κ3) is 7.25. The maximum Gasteiger partial charge on any atom is 0.414 e. The van der Waals surface area contributed by atoms with Crippen LogP contribution in [0.2, 0.25) is 0 Å². The zero-order chi connectivity index (χ0) is 35.5. The van der Waals surface area contributed by atoms with E-state index >= 15 is 0 Å². The van der Waals surface area contributed by atoms with E-state index in [1.807, 2.05) is 56.3 Å². The lowest BCUT2D eigenvalue weighted by atomic mass is 9.99. The molecule has 5 amide bonds. The Labute approximate surface area is 290 Å². The van der Waals surface area contributed by atoms with Crippen LogP contribution in [-0.4, -0.2) is 94.1 Å². The molecule has 0 radical (unpaired) electrons. The van der Waals surface area contributed by atoms with Gasteiger partial charge in [0.1, 0.15) is 23.8 Å². The molecule has 4 aromatic rings. The van der Waals surface area contributed by atoms with Crippen LogP contribution in [0.15, 0.2) is 91.0 Å². The number of halogens is 1. The lowest BCUT2D eigenvalue weighted by molar-refractivity contribution is -0.158. The summed E-state index contributed by atoms with van der Waals surface area (Å²) in [4.78, 5) is 58.8. The highest BCUT2D eigenvalue weighted by Crippen LogP contribution is 2.32. The Morgan fingerprint density at radius 1 is 0.920 bits per heavy atom. The molecule has 0 spiro atoms. The molecule has 0 aromatic heterocycles. The van der Waals surface area contributed by atoms with Gasteiger partial charge in [0.25, 0.3) is 0 Å². The lowest BCUT2D eigenvalue weighted by Gasteiger charge is -2.47. The first kappa shape index (κ1) is 34.4. The maximum atomic E-state index is 14.4. The van der Waals surface area contributed by atoms with Crippen LogP contribution in [0.1, 0.15) is 30.5 Å². The van der Waals surface area contributed by atoms with Crippen LogP contribution in [0.3, 0.4) is 0 Å². The Balaban J connectivity index is 1.30. The first-order chi connectivity index (χ1) is 24.0. The van der Waals surface area contributed by atoms with Gasteiger partial charge in [0, 0.05) is 39.6 Å². The third-order valence-electron chi connectivity index (χ3n) is 9.06. The van der Waals surface area contributed by atoms with Crippen LogP contribution in [0.4, 0.5) is 14.0 Å². The summed E-state index contributed by atoms with van der Waals surface area (Å²) < 4.78 is 18.8. The quantitative estimate of drug-likeness (QED) is 0.267. The molecule has 1 N–H and O–H groups in total. The number of fused-ring (bicyclic) bond motifs is 2. The summed E-state index contributed by atoms with van der Waals surface area (Å²) in [6.45, 7) is 4.34. The van der Waals surface area contributed by atoms with Crippen molar-refractivity contribution in [3.63, 3.8) is 0 Å². The smallest absolute Gasteiger partial charge is 0.410 e. The van der Waals surface area contributed by atoms with E-state index in [9.17, 15) is 23.6 Å². The van der Waals surface area contributed by atoms with E-state index < -0.39 is 24.3 Å². The second kappa shape index (κ2) is 14.6. The van der Waals surface area contributed by atoms with E-state index in [-0.39, 0.29) is 49.7 Å². The van der Waals surface area contributed by atoms with Crippen molar-refractivity contribution in [3.05, 3.63) is 114 Å². The molecule has 260 valence electrons. The average molecular weight is 681 g/mol. The number of amides is 5. The van der Waals surface area contributed by atoms with Gasteiger partial charge in [-0.15, -0.1) is 0 Å². The molecular weight excluding hydrogens is 639 g/mol. The number of urea groups is 1. The van der Waals surface area contributed by atoms with Gasteiger partial charge in [-0.25, -0.2) is 14.0 Å². The van der Waals surface area contributed by atoms with Crippen LogP contribution in [0.25, 0.3) is 10.8 Å². The summed E-state index contributed by atoms with van der Waals surface area (Å²) >= 11 is 0. The second-order valence-corrected chi connectivity index (χ2v) is 13.1. The number of benzene rings is 4. The van der Waals surface area contributed by atoms with Gasteiger partial charge >= 0.3 is 12.1 Å². The van der Waals surface area contributed by atoms with Gasteiger partial charge in [0.2, 0.25) is 11.8 Å². The fraction of sp³-hybridized carbons (Fsp3) is 0.316. The lowest BCUT2D eigenvalue weighted by Crippen LogP contribution is -2.66. The molecule has 2 aliphatic rings. The van der Waals surface area contributed by atoms with Crippen molar-refractivity contribution in [2.75, 3.05) is 27.2 Å². The Hall–Kier alpha value is -5.49. The third-order valence-corrected chi connectivity index (χ3v) is 9.06. The molecule has 2 atom stereocenters. The van der Waals surface area contributed by atoms with Crippen molar-refractivity contribution < 1.29 is 28.3 Å². The second-order valence-electron chi connectivity index (χ2n) is 13.1. The Kier molecular flexibility index (Phi) is 10.0. The summed E-state index contributed by atoms with van der Waals surface area (Å²) in [5, 5.41) is 8.31. The molecule has 0 bridgehead atoms. The van der Waals surface area contributed by atoms with E-state index in [0.717, 1.165) is 27.5 Å². The van der Waals surface area contributed by atoms with Crippen LogP contribution in [0.5, 0.6) is 5.75 Å². The Morgan fingerprint density at radius 2 is 1.60 bits per heavy atom. The number of carbonyl (C=O) groups excluding carboxylic acids is 4. The highest BCUT2D eigenvalue weighted by Gasteiger charge is 2.52. The minimum absolute atomic E-state index is 0.0852. The molecule has 2 aliphatic heterocycles. The Morgan fingerprint density at radius 3 is 2.30 bits per heavy atom. The zero-order valence-electron chi connectivity index (χ0n) is 28.6. The van der Waals surface area contributed by atoms with E-state index in [2.05, 4.69) is 5.32 Å². The van der Waals surface area contributed by atoms with Crippen molar-refractivity contribution in [3.8, 4) is 5.75 Å². The summed E-state index contributed by atoms with van der Waals surface area (Å²) in [5.74, 6) is -0.450. The molecule has 12 heteroatoms. The van der Waals surface area contributed by atoms with Crippen molar-refractivity contribution >= 4 is 34.7 Å². The number of piperazine rings is 1. The standard InChI is InChI=1S/C38H41FN6O5/c1-25(2)45(37(48)40-21-27-12-16-30(39)17-13-27)43-24-35(46)44-33(20-26-14-18-31(19-15-26)50-38(49)41(3)4)36(47)42(23-34(43)44)22-29-10-7-9-28-8-5-6-11-32(28)29/h5-19,25,33-34H,20-24H2,1-4H3,(H,40,48)/t33?,34-/m1/s1. The number of hydrogen-bond donors (Lipinski definition) is 1. The number of nitrogens with one attached hydrogen (secondary N) is 1. The number of ether oxygens (including phenoxy) is 1. The first-order valence-electron chi connectivity index (χ1n) is 16.6. The predicted molar refractivity (Wildman–Crippen MR) is 186 cm³/mol. The molecular formula is C38H41FN6O5.